The lowest BCUT2D eigenvalue weighted by Crippen LogP contribution is -2.23. The summed E-state index contributed by atoms with van der Waals surface area (Å²) >= 11 is 0. The van der Waals surface area contributed by atoms with E-state index < -0.39 is 0 Å². The Hall–Kier alpha value is -3.94. The van der Waals surface area contributed by atoms with Gasteiger partial charge in [-0.3, -0.25) is 4.79 Å². The first-order valence-corrected chi connectivity index (χ1v) is 11.0. The first-order valence-electron chi connectivity index (χ1n) is 11.0. The highest BCUT2D eigenvalue weighted by Crippen LogP contribution is 2.30. The van der Waals surface area contributed by atoms with Gasteiger partial charge >= 0.3 is 0 Å². The number of halogens is 1. The van der Waals surface area contributed by atoms with Crippen LogP contribution in [0.4, 0.5) is 4.39 Å². The van der Waals surface area contributed by atoms with Gasteiger partial charge in [0.1, 0.15) is 17.3 Å². The Morgan fingerprint density at radius 2 is 1.71 bits per heavy atom. The van der Waals surface area contributed by atoms with Crippen molar-refractivity contribution in [3.8, 4) is 17.4 Å². The van der Waals surface area contributed by atoms with Crippen molar-refractivity contribution in [3.63, 3.8) is 0 Å². The molecule has 0 spiro atoms. The fourth-order valence-corrected chi connectivity index (χ4v) is 3.95. The molecule has 2 heterocycles. The van der Waals surface area contributed by atoms with E-state index in [-0.39, 0.29) is 11.7 Å². The number of hydrogen-bond acceptors (Lipinski definition) is 5. The van der Waals surface area contributed by atoms with E-state index in [1.165, 1.54) is 12.1 Å². The second kappa shape index (κ2) is 9.91. The molecule has 176 valence electrons. The SMILES string of the molecule is COc1nn(C)c2nc(C)c(CCC(=O)NCc3ccc(Oc4ccc(F)cc4)cc3)c(C)c12. The molecule has 7 nitrogen and oxygen atoms in total. The minimum Gasteiger partial charge on any atom is -0.479 e. The second-order valence-electron chi connectivity index (χ2n) is 8.11. The molecule has 1 N–H and O–H groups in total. The van der Waals surface area contributed by atoms with Crippen LogP contribution in [-0.4, -0.2) is 27.8 Å². The molecule has 0 radical (unpaired) electrons. The van der Waals surface area contributed by atoms with E-state index in [0.717, 1.165) is 33.4 Å². The number of hydrogen-bond donors (Lipinski definition) is 1. The molecule has 0 unspecified atom stereocenters. The average molecular weight is 463 g/mol. The van der Waals surface area contributed by atoms with E-state index >= 15 is 0 Å². The smallest absolute Gasteiger partial charge is 0.242 e. The number of nitrogens with zero attached hydrogens (tertiary/aromatic N) is 3. The van der Waals surface area contributed by atoms with Crippen LogP contribution in [0, 0.1) is 19.7 Å². The first kappa shape index (κ1) is 23.2. The van der Waals surface area contributed by atoms with Crippen LogP contribution in [0.2, 0.25) is 0 Å². The molecule has 0 saturated heterocycles. The summed E-state index contributed by atoms with van der Waals surface area (Å²) in [6.45, 7) is 4.39. The highest BCUT2D eigenvalue weighted by Gasteiger charge is 2.18. The number of nitrogens with one attached hydrogen (secondary N) is 1. The summed E-state index contributed by atoms with van der Waals surface area (Å²) in [4.78, 5) is 17.2. The molecule has 0 bridgehead atoms. The van der Waals surface area contributed by atoms with E-state index in [0.29, 0.717) is 36.8 Å². The van der Waals surface area contributed by atoms with Gasteiger partial charge < -0.3 is 14.8 Å². The summed E-state index contributed by atoms with van der Waals surface area (Å²) in [5.41, 5.74) is 4.69. The summed E-state index contributed by atoms with van der Waals surface area (Å²) < 4.78 is 25.8. The molecule has 34 heavy (non-hydrogen) atoms. The maximum atomic E-state index is 13.0. The quantitative estimate of drug-likeness (QED) is 0.408. The molecule has 2 aromatic heterocycles. The number of rotatable bonds is 8. The number of fused-ring (bicyclic) bond motifs is 1. The molecule has 0 fully saturated rings. The standard InChI is InChI=1S/C26H27FN4O3/c1-16-22(17(2)29-25-24(16)26(33-4)30-31(25)3)13-14-23(32)28-15-18-5-9-20(10-6-18)34-21-11-7-19(27)8-12-21/h5-12H,13-15H2,1-4H3,(H,28,32). The third kappa shape index (κ3) is 5.01. The number of methoxy groups -OCH3 is 1. The number of carbonyl (C=O) groups excluding carboxylic acids is 1. The van der Waals surface area contributed by atoms with Crippen LogP contribution in [0.15, 0.2) is 48.5 Å². The number of amides is 1. The van der Waals surface area contributed by atoms with Crippen molar-refractivity contribution in [1.82, 2.24) is 20.1 Å². The molecular formula is C26H27FN4O3. The Morgan fingerprint density at radius 3 is 2.35 bits per heavy atom. The zero-order valence-electron chi connectivity index (χ0n) is 19.7. The first-order chi connectivity index (χ1) is 16.4. The zero-order valence-corrected chi connectivity index (χ0v) is 19.7. The zero-order chi connectivity index (χ0) is 24.2. The second-order valence-corrected chi connectivity index (χ2v) is 8.11. The van der Waals surface area contributed by atoms with Crippen LogP contribution in [-0.2, 0) is 24.8 Å². The fraction of sp³-hybridized carbons (Fsp3) is 0.269. The van der Waals surface area contributed by atoms with Crippen molar-refractivity contribution in [2.24, 2.45) is 7.05 Å². The van der Waals surface area contributed by atoms with Crippen LogP contribution >= 0.6 is 0 Å². The molecule has 0 aliphatic heterocycles. The van der Waals surface area contributed by atoms with Crippen LogP contribution in [0.1, 0.15) is 28.8 Å². The third-order valence-electron chi connectivity index (χ3n) is 5.78. The predicted molar refractivity (Wildman–Crippen MR) is 128 cm³/mol. The number of aryl methyl sites for hydroxylation is 3. The van der Waals surface area contributed by atoms with E-state index in [1.54, 1.807) is 23.9 Å². The Morgan fingerprint density at radius 1 is 1.06 bits per heavy atom. The molecule has 4 rings (SSSR count). The highest BCUT2D eigenvalue weighted by molar-refractivity contribution is 5.86. The normalized spacial score (nSPS) is 11.0. The molecule has 0 aliphatic rings. The maximum Gasteiger partial charge on any atom is 0.242 e. The Balaban J connectivity index is 1.34. The maximum absolute atomic E-state index is 13.0. The van der Waals surface area contributed by atoms with Gasteiger partial charge in [0.15, 0.2) is 5.65 Å². The summed E-state index contributed by atoms with van der Waals surface area (Å²) in [5, 5.41) is 8.22. The lowest BCUT2D eigenvalue weighted by atomic mass is 10.00. The van der Waals surface area contributed by atoms with Gasteiger partial charge in [-0.2, -0.15) is 0 Å². The van der Waals surface area contributed by atoms with E-state index in [4.69, 9.17) is 9.47 Å². The Bertz CT molecular complexity index is 1320. The van der Waals surface area contributed by atoms with Crippen molar-refractivity contribution >= 4 is 16.9 Å². The summed E-state index contributed by atoms with van der Waals surface area (Å²) in [7, 11) is 3.43. The van der Waals surface area contributed by atoms with Gasteiger partial charge in [0, 0.05) is 25.7 Å². The van der Waals surface area contributed by atoms with Crippen LogP contribution < -0.4 is 14.8 Å². The van der Waals surface area contributed by atoms with Crippen LogP contribution in [0.5, 0.6) is 17.4 Å². The van der Waals surface area contributed by atoms with Gasteiger partial charge in [0.25, 0.3) is 0 Å². The third-order valence-corrected chi connectivity index (χ3v) is 5.78. The Kier molecular flexibility index (Phi) is 6.77. The lowest BCUT2D eigenvalue weighted by molar-refractivity contribution is -0.121. The highest BCUT2D eigenvalue weighted by atomic mass is 19.1. The number of carbonyl (C=O) groups is 1. The van der Waals surface area contributed by atoms with E-state index in [1.807, 2.05) is 45.2 Å². The minimum atomic E-state index is -0.308. The van der Waals surface area contributed by atoms with Crippen molar-refractivity contribution in [3.05, 3.63) is 76.7 Å². The monoisotopic (exact) mass is 462 g/mol. The van der Waals surface area contributed by atoms with Gasteiger partial charge in [0.2, 0.25) is 11.8 Å². The largest absolute Gasteiger partial charge is 0.479 e. The van der Waals surface area contributed by atoms with Crippen molar-refractivity contribution in [2.45, 2.75) is 33.2 Å². The summed E-state index contributed by atoms with van der Waals surface area (Å²) in [6.07, 6.45) is 0.929. The van der Waals surface area contributed by atoms with Crippen molar-refractivity contribution in [1.29, 1.82) is 0 Å². The molecular weight excluding hydrogens is 435 g/mol. The van der Waals surface area contributed by atoms with Crippen molar-refractivity contribution < 1.29 is 18.7 Å². The van der Waals surface area contributed by atoms with Gasteiger partial charge in [-0.15, -0.1) is 5.10 Å². The number of benzene rings is 2. The molecule has 2 aromatic carbocycles. The predicted octanol–water partition coefficient (Wildman–Crippen LogP) is 4.77. The molecule has 0 aliphatic carbocycles. The van der Waals surface area contributed by atoms with Gasteiger partial charge in [0.05, 0.1) is 12.5 Å². The van der Waals surface area contributed by atoms with Crippen molar-refractivity contribution in [2.75, 3.05) is 7.11 Å². The van der Waals surface area contributed by atoms with Gasteiger partial charge in [-0.1, -0.05) is 12.1 Å². The summed E-state index contributed by atoms with van der Waals surface area (Å²) in [5.74, 6) is 1.40. The molecule has 0 saturated carbocycles. The van der Waals surface area contributed by atoms with Crippen LogP contribution in [0.25, 0.3) is 11.0 Å². The number of aromatic nitrogens is 3. The minimum absolute atomic E-state index is 0.0383. The molecule has 8 heteroatoms. The number of ether oxygens (including phenoxy) is 2. The fourth-order valence-electron chi connectivity index (χ4n) is 3.95. The Labute approximate surface area is 197 Å². The van der Waals surface area contributed by atoms with Crippen LogP contribution in [0.3, 0.4) is 0 Å². The van der Waals surface area contributed by atoms with E-state index in [9.17, 15) is 9.18 Å². The summed E-state index contributed by atoms with van der Waals surface area (Å²) in [6, 6.07) is 13.3. The topological polar surface area (TPSA) is 78.3 Å². The van der Waals surface area contributed by atoms with Gasteiger partial charge in [-0.25, -0.2) is 14.1 Å². The molecule has 0 atom stereocenters. The lowest BCUT2D eigenvalue weighted by Gasteiger charge is -2.12. The van der Waals surface area contributed by atoms with E-state index in [2.05, 4.69) is 15.4 Å². The molecule has 4 aromatic rings. The number of pyridine rings is 1. The molecule has 1 amide bonds. The average Bonchev–Trinajstić information content (AvgIpc) is 3.15. The van der Waals surface area contributed by atoms with Gasteiger partial charge in [-0.05, 0) is 73.4 Å².